The van der Waals surface area contributed by atoms with Gasteiger partial charge in [-0.05, 0) is 56.0 Å². The number of halogens is 1. The number of nitrogens with two attached hydrogens (primary N) is 1. The van der Waals surface area contributed by atoms with Gasteiger partial charge >= 0.3 is 0 Å². The van der Waals surface area contributed by atoms with Gasteiger partial charge in [0.25, 0.3) is 5.91 Å². The zero-order valence-corrected chi connectivity index (χ0v) is 20.7. The van der Waals surface area contributed by atoms with E-state index in [1.807, 2.05) is 18.2 Å². The van der Waals surface area contributed by atoms with E-state index < -0.39 is 5.91 Å². The fraction of sp³-hybridized carbons (Fsp3) is 0.407. The molecule has 0 bridgehead atoms. The molecule has 0 spiro atoms. The van der Waals surface area contributed by atoms with Crippen molar-refractivity contribution in [1.82, 2.24) is 14.5 Å². The number of primary amides is 1. The first-order chi connectivity index (χ1) is 16.4. The standard InChI is InChI=1S/C27H33ClN4O2/c1-3-4-15-32-23(25(28)30-27(32)20-10-6-5-9-18(20)2)17-31-14-8-7-11-22(31)19-12-13-21(26(29)34)24(33)16-19/h5-6,9-10,12-13,16,22,33H,3-4,7-8,11,14-15,17H2,1-2H3,(H2,29,34). The van der Waals surface area contributed by atoms with Crippen LogP contribution in [-0.2, 0) is 13.1 Å². The normalized spacial score (nSPS) is 16.6. The molecule has 1 fully saturated rings. The van der Waals surface area contributed by atoms with Crippen LogP contribution in [0.3, 0.4) is 0 Å². The Morgan fingerprint density at radius 3 is 2.74 bits per heavy atom. The van der Waals surface area contributed by atoms with Crippen molar-refractivity contribution in [3.05, 3.63) is 70.0 Å². The van der Waals surface area contributed by atoms with Gasteiger partial charge in [-0.1, -0.05) is 61.7 Å². The third-order valence-electron chi connectivity index (χ3n) is 6.78. The number of unbranched alkanes of at least 4 members (excludes halogenated alkanes) is 1. The molecule has 1 aliphatic heterocycles. The van der Waals surface area contributed by atoms with Gasteiger partial charge in [-0.25, -0.2) is 4.98 Å². The van der Waals surface area contributed by atoms with Gasteiger partial charge in [-0.3, -0.25) is 9.69 Å². The molecule has 34 heavy (non-hydrogen) atoms. The predicted octanol–water partition coefficient (Wildman–Crippen LogP) is 5.84. The van der Waals surface area contributed by atoms with Gasteiger partial charge in [-0.2, -0.15) is 0 Å². The van der Waals surface area contributed by atoms with Crippen molar-refractivity contribution in [3.8, 4) is 17.1 Å². The molecular weight excluding hydrogens is 448 g/mol. The van der Waals surface area contributed by atoms with E-state index in [4.69, 9.17) is 22.3 Å². The Hall–Kier alpha value is -2.83. The van der Waals surface area contributed by atoms with Crippen molar-refractivity contribution in [2.24, 2.45) is 5.73 Å². The van der Waals surface area contributed by atoms with Crippen LogP contribution in [0, 0.1) is 6.92 Å². The van der Waals surface area contributed by atoms with Crippen molar-refractivity contribution < 1.29 is 9.90 Å². The Bertz CT molecular complexity index is 1170. The Labute approximate surface area is 206 Å². The fourth-order valence-electron chi connectivity index (χ4n) is 4.91. The van der Waals surface area contributed by atoms with Gasteiger partial charge in [0.1, 0.15) is 11.6 Å². The second-order valence-corrected chi connectivity index (χ2v) is 9.47. The number of aromatic hydroxyl groups is 1. The first-order valence-electron chi connectivity index (χ1n) is 12.1. The summed E-state index contributed by atoms with van der Waals surface area (Å²) in [7, 11) is 0. The van der Waals surface area contributed by atoms with Crippen molar-refractivity contribution in [2.75, 3.05) is 6.54 Å². The van der Waals surface area contributed by atoms with Crippen LogP contribution in [0.15, 0.2) is 42.5 Å². The van der Waals surface area contributed by atoms with Crippen molar-refractivity contribution in [3.63, 3.8) is 0 Å². The van der Waals surface area contributed by atoms with E-state index in [0.717, 1.165) is 67.8 Å². The summed E-state index contributed by atoms with van der Waals surface area (Å²) in [6.07, 6.45) is 5.31. The molecule has 1 saturated heterocycles. The molecule has 2 aromatic carbocycles. The Kier molecular flexibility index (Phi) is 7.59. The SMILES string of the molecule is CCCCn1c(-c2ccccc2C)nc(Cl)c1CN1CCCCC1c1ccc(C(N)=O)c(O)c1. The number of carbonyl (C=O) groups excluding carboxylic acids is 1. The molecule has 1 unspecified atom stereocenters. The van der Waals surface area contributed by atoms with Gasteiger partial charge < -0.3 is 15.4 Å². The van der Waals surface area contributed by atoms with Crippen LogP contribution in [0.4, 0.5) is 0 Å². The van der Waals surface area contributed by atoms with E-state index in [-0.39, 0.29) is 17.4 Å². The highest BCUT2D eigenvalue weighted by Gasteiger charge is 2.28. The van der Waals surface area contributed by atoms with Crippen LogP contribution in [0.25, 0.3) is 11.4 Å². The Morgan fingerprint density at radius 2 is 2.03 bits per heavy atom. The third-order valence-corrected chi connectivity index (χ3v) is 7.09. The van der Waals surface area contributed by atoms with Crippen molar-refractivity contribution in [1.29, 1.82) is 0 Å². The summed E-state index contributed by atoms with van der Waals surface area (Å²) < 4.78 is 2.29. The monoisotopic (exact) mass is 480 g/mol. The lowest BCUT2D eigenvalue weighted by molar-refractivity contribution is 0.0997. The largest absolute Gasteiger partial charge is 0.507 e. The van der Waals surface area contributed by atoms with E-state index >= 15 is 0 Å². The summed E-state index contributed by atoms with van der Waals surface area (Å²) >= 11 is 6.78. The number of aromatic nitrogens is 2. The second-order valence-electron chi connectivity index (χ2n) is 9.12. The number of piperidine rings is 1. The molecule has 3 N–H and O–H groups in total. The maximum absolute atomic E-state index is 11.5. The molecular formula is C27H33ClN4O2. The van der Waals surface area contributed by atoms with Gasteiger partial charge in [-0.15, -0.1) is 0 Å². The summed E-state index contributed by atoms with van der Waals surface area (Å²) in [5.74, 6) is 0.229. The molecule has 6 nitrogen and oxygen atoms in total. The summed E-state index contributed by atoms with van der Waals surface area (Å²) in [6.45, 7) is 6.75. The predicted molar refractivity (Wildman–Crippen MR) is 136 cm³/mol. The maximum Gasteiger partial charge on any atom is 0.252 e. The van der Waals surface area contributed by atoms with Gasteiger partial charge in [0, 0.05) is 24.7 Å². The molecule has 0 aliphatic carbocycles. The van der Waals surface area contributed by atoms with E-state index in [9.17, 15) is 9.90 Å². The smallest absolute Gasteiger partial charge is 0.252 e. The number of benzene rings is 2. The lowest BCUT2D eigenvalue weighted by atomic mass is 9.94. The first-order valence-corrected chi connectivity index (χ1v) is 12.5. The fourth-order valence-corrected chi connectivity index (χ4v) is 5.15. The molecule has 7 heteroatoms. The highest BCUT2D eigenvalue weighted by Crippen LogP contribution is 2.36. The number of imidazole rings is 1. The number of hydrogen-bond acceptors (Lipinski definition) is 4. The topological polar surface area (TPSA) is 84.4 Å². The minimum absolute atomic E-state index is 0.0663. The Balaban J connectivity index is 1.69. The second kappa shape index (κ2) is 10.6. The average Bonchev–Trinajstić information content (AvgIpc) is 3.12. The average molecular weight is 481 g/mol. The zero-order chi connectivity index (χ0) is 24.2. The first kappa shape index (κ1) is 24.3. The van der Waals surface area contributed by atoms with E-state index in [2.05, 4.69) is 35.4 Å². The van der Waals surface area contributed by atoms with Crippen LogP contribution >= 0.6 is 11.6 Å². The van der Waals surface area contributed by atoms with Crippen LogP contribution in [0.1, 0.15) is 72.2 Å². The quantitative estimate of drug-likeness (QED) is 0.424. The third kappa shape index (κ3) is 4.98. The minimum atomic E-state index is -0.625. The van der Waals surface area contributed by atoms with Crippen LogP contribution < -0.4 is 5.73 Å². The molecule has 1 amide bonds. The minimum Gasteiger partial charge on any atom is -0.507 e. The van der Waals surface area contributed by atoms with Gasteiger partial charge in [0.15, 0.2) is 5.15 Å². The van der Waals surface area contributed by atoms with E-state index in [1.165, 1.54) is 5.56 Å². The molecule has 1 atom stereocenters. The summed E-state index contributed by atoms with van der Waals surface area (Å²) in [5.41, 5.74) is 9.81. The molecule has 2 heterocycles. The summed E-state index contributed by atoms with van der Waals surface area (Å²) in [4.78, 5) is 18.8. The summed E-state index contributed by atoms with van der Waals surface area (Å²) in [6, 6.07) is 13.6. The number of carbonyl (C=O) groups is 1. The molecule has 1 aromatic heterocycles. The number of rotatable bonds is 8. The van der Waals surface area contributed by atoms with E-state index in [1.54, 1.807) is 12.1 Å². The van der Waals surface area contributed by atoms with Gasteiger partial charge in [0.2, 0.25) is 0 Å². The molecule has 1 aliphatic rings. The molecule has 4 rings (SSSR count). The number of hydrogen-bond donors (Lipinski definition) is 2. The molecule has 180 valence electrons. The summed E-state index contributed by atoms with van der Waals surface area (Å²) in [5, 5.41) is 10.9. The van der Waals surface area contributed by atoms with Crippen molar-refractivity contribution in [2.45, 2.75) is 65.1 Å². The maximum atomic E-state index is 11.5. The number of nitrogens with zero attached hydrogens (tertiary/aromatic N) is 3. The lowest BCUT2D eigenvalue weighted by Gasteiger charge is -2.36. The van der Waals surface area contributed by atoms with Gasteiger partial charge in [0.05, 0.1) is 11.3 Å². The highest BCUT2D eigenvalue weighted by molar-refractivity contribution is 6.30. The van der Waals surface area contributed by atoms with E-state index in [0.29, 0.717) is 11.7 Å². The lowest BCUT2D eigenvalue weighted by Crippen LogP contribution is -2.33. The number of likely N-dealkylation sites (tertiary alicyclic amines) is 1. The highest BCUT2D eigenvalue weighted by atomic mass is 35.5. The number of amides is 1. The number of phenols is 1. The Morgan fingerprint density at radius 1 is 1.24 bits per heavy atom. The van der Waals surface area contributed by atoms with Crippen LogP contribution in [0.5, 0.6) is 5.75 Å². The van der Waals surface area contributed by atoms with Crippen LogP contribution in [0.2, 0.25) is 5.15 Å². The molecule has 0 radical (unpaired) electrons. The van der Waals surface area contributed by atoms with Crippen LogP contribution in [-0.4, -0.2) is 32.0 Å². The molecule has 0 saturated carbocycles. The number of aryl methyl sites for hydroxylation is 1. The molecule has 3 aromatic rings. The zero-order valence-electron chi connectivity index (χ0n) is 19.9. The van der Waals surface area contributed by atoms with Crippen molar-refractivity contribution >= 4 is 17.5 Å².